The molecule has 3 aromatic carbocycles. The zero-order valence-corrected chi connectivity index (χ0v) is 26.2. The summed E-state index contributed by atoms with van der Waals surface area (Å²) in [6.45, 7) is 7.97. The summed E-state index contributed by atoms with van der Waals surface area (Å²) < 4.78 is 35.1. The maximum Gasteiger partial charge on any atom is 0.294 e. The van der Waals surface area contributed by atoms with Crippen LogP contribution in [0.2, 0.25) is 0 Å². The second-order valence-corrected chi connectivity index (χ2v) is 14.4. The molecule has 2 aliphatic rings. The van der Waals surface area contributed by atoms with Gasteiger partial charge in [-0.15, -0.1) is 0 Å². The normalized spacial score (nSPS) is 24.0. The highest BCUT2D eigenvalue weighted by Gasteiger charge is 2.55. The third-order valence-corrected chi connectivity index (χ3v) is 10.8. The van der Waals surface area contributed by atoms with E-state index in [2.05, 4.69) is 17.6 Å². The number of benzene rings is 3. The van der Waals surface area contributed by atoms with E-state index in [1.54, 1.807) is 6.07 Å². The highest BCUT2D eigenvalue weighted by atomic mass is 32.2. The van der Waals surface area contributed by atoms with Gasteiger partial charge >= 0.3 is 0 Å². The largest absolute Gasteiger partial charge is 0.343 e. The van der Waals surface area contributed by atoms with Crippen molar-refractivity contribution in [3.05, 3.63) is 95.1 Å². The molecule has 0 saturated heterocycles. The number of hydrogen-bond acceptors (Lipinski definition) is 4. The molecule has 5 rings (SSSR count). The Balaban J connectivity index is 1.47. The molecule has 1 saturated carbocycles. The van der Waals surface area contributed by atoms with E-state index in [9.17, 15) is 22.6 Å². The number of hydrogen-bond donors (Lipinski definition) is 3. The minimum atomic E-state index is -4.43. The molecule has 4 atom stereocenters. The Morgan fingerprint density at radius 1 is 0.977 bits per heavy atom. The summed E-state index contributed by atoms with van der Waals surface area (Å²) in [7, 11) is -4.43. The van der Waals surface area contributed by atoms with Gasteiger partial charge in [-0.2, -0.15) is 8.42 Å². The average Bonchev–Trinajstić information content (AvgIpc) is 2.96. The molecule has 43 heavy (non-hydrogen) atoms. The minimum Gasteiger partial charge on any atom is -0.343 e. The monoisotopic (exact) mass is 602 g/mol. The van der Waals surface area contributed by atoms with Crippen LogP contribution in [0.4, 0.5) is 5.69 Å². The second-order valence-electron chi connectivity index (χ2n) is 13.0. The Bertz CT molecular complexity index is 1610. The zero-order chi connectivity index (χ0) is 31.0. The molecule has 228 valence electrons. The third kappa shape index (κ3) is 6.13. The number of anilines is 1. The van der Waals surface area contributed by atoms with Crippen molar-refractivity contribution in [2.75, 3.05) is 5.32 Å². The quantitative estimate of drug-likeness (QED) is 0.257. The van der Waals surface area contributed by atoms with Crippen LogP contribution < -0.4 is 10.6 Å². The van der Waals surface area contributed by atoms with Crippen LogP contribution in [0, 0.1) is 11.3 Å². The van der Waals surface area contributed by atoms with Crippen LogP contribution in [-0.2, 0) is 38.0 Å². The maximum atomic E-state index is 14.3. The molecule has 2 amide bonds. The van der Waals surface area contributed by atoms with Crippen molar-refractivity contribution >= 4 is 27.6 Å². The molecule has 0 aromatic heterocycles. The average molecular weight is 603 g/mol. The fraction of sp³-hybridized carbons (Fsp3) is 0.429. The van der Waals surface area contributed by atoms with Crippen LogP contribution in [0.25, 0.3) is 0 Å². The first-order valence-electron chi connectivity index (χ1n) is 15.2. The summed E-state index contributed by atoms with van der Waals surface area (Å²) in [6, 6.07) is 21.7. The molecule has 8 heteroatoms. The van der Waals surface area contributed by atoms with Crippen molar-refractivity contribution in [3.8, 4) is 0 Å². The van der Waals surface area contributed by atoms with E-state index in [0.29, 0.717) is 30.5 Å². The van der Waals surface area contributed by atoms with Crippen molar-refractivity contribution in [1.82, 2.24) is 5.32 Å². The molecule has 0 aliphatic heterocycles. The molecule has 0 spiro atoms. The van der Waals surface area contributed by atoms with Gasteiger partial charge in [-0.1, -0.05) is 88.7 Å². The topological polar surface area (TPSA) is 113 Å². The molecule has 0 radical (unpaired) electrons. The first kappa shape index (κ1) is 31.0. The standard InChI is InChI=1S/C35H42N2O5S/c1-23(2)27-21-25-16-17-31-34(3,28(25)22-30(27)43(40,41)42)18-11-19-35(31,4)33(39)37-29(20-24-12-7-5-8-13-24)32(38)36-26-14-9-6-10-15-26/h5-10,12-15,21-23,29,31H,11,16-20H2,1-4H3,(H,36,38)(H,37,39)(H,40,41,42)/t29-,31-,34-,35-/m1/s1. The van der Waals surface area contributed by atoms with E-state index in [0.717, 1.165) is 36.0 Å². The van der Waals surface area contributed by atoms with E-state index in [4.69, 9.17) is 0 Å². The molecule has 0 heterocycles. The van der Waals surface area contributed by atoms with E-state index < -0.39 is 27.0 Å². The summed E-state index contributed by atoms with van der Waals surface area (Å²) in [5.41, 5.74) is 2.98. The number of aryl methyl sites for hydroxylation is 1. The van der Waals surface area contributed by atoms with Crippen molar-refractivity contribution in [3.63, 3.8) is 0 Å². The molecular weight excluding hydrogens is 560 g/mol. The highest BCUT2D eigenvalue weighted by Crippen LogP contribution is 2.58. The SMILES string of the molecule is CC(C)c1cc2c(cc1S(=O)(=O)O)[C@@]1(C)CCC[C@@](C)(C(=O)N[C@H](Cc3ccccc3)C(=O)Nc3ccccc3)[C@@H]1CC2. The first-order chi connectivity index (χ1) is 20.3. The summed E-state index contributed by atoms with van der Waals surface area (Å²) >= 11 is 0. The lowest BCUT2D eigenvalue weighted by Crippen LogP contribution is -2.58. The van der Waals surface area contributed by atoms with Crippen LogP contribution in [0.5, 0.6) is 0 Å². The molecule has 0 unspecified atom stereocenters. The molecule has 3 N–H and O–H groups in total. The van der Waals surface area contributed by atoms with Gasteiger partial charge in [-0.05, 0) is 83.4 Å². The van der Waals surface area contributed by atoms with Gasteiger partial charge in [0.15, 0.2) is 0 Å². The van der Waals surface area contributed by atoms with Crippen LogP contribution in [0.3, 0.4) is 0 Å². The Morgan fingerprint density at radius 2 is 1.63 bits per heavy atom. The Hall–Kier alpha value is -3.49. The highest BCUT2D eigenvalue weighted by molar-refractivity contribution is 7.85. The van der Waals surface area contributed by atoms with Crippen LogP contribution in [0.15, 0.2) is 77.7 Å². The van der Waals surface area contributed by atoms with Crippen LogP contribution >= 0.6 is 0 Å². The number of carbonyl (C=O) groups excluding carboxylic acids is 2. The fourth-order valence-electron chi connectivity index (χ4n) is 7.60. The van der Waals surface area contributed by atoms with Crippen molar-refractivity contribution in [2.45, 2.75) is 88.5 Å². The van der Waals surface area contributed by atoms with Gasteiger partial charge in [0.05, 0.1) is 10.3 Å². The van der Waals surface area contributed by atoms with Gasteiger partial charge in [-0.3, -0.25) is 14.1 Å². The molecular formula is C35H42N2O5S. The predicted molar refractivity (Wildman–Crippen MR) is 169 cm³/mol. The number of para-hydroxylation sites is 1. The fourth-order valence-corrected chi connectivity index (χ4v) is 8.45. The summed E-state index contributed by atoms with van der Waals surface area (Å²) in [5.74, 6) is -0.586. The van der Waals surface area contributed by atoms with Gasteiger partial charge in [0.2, 0.25) is 11.8 Å². The van der Waals surface area contributed by atoms with Gasteiger partial charge < -0.3 is 10.6 Å². The second kappa shape index (κ2) is 11.9. The lowest BCUT2D eigenvalue weighted by atomic mass is 9.49. The minimum absolute atomic E-state index is 0.0413. The number of rotatable bonds is 8. The van der Waals surface area contributed by atoms with Gasteiger partial charge in [0.25, 0.3) is 10.1 Å². The van der Waals surface area contributed by atoms with E-state index in [1.807, 2.05) is 87.5 Å². The zero-order valence-electron chi connectivity index (χ0n) is 25.4. The molecule has 7 nitrogen and oxygen atoms in total. The van der Waals surface area contributed by atoms with Crippen molar-refractivity contribution < 1.29 is 22.6 Å². The first-order valence-corrected chi connectivity index (χ1v) is 16.6. The summed E-state index contributed by atoms with van der Waals surface area (Å²) in [5, 5.41) is 6.10. The number of fused-ring (bicyclic) bond motifs is 3. The molecule has 1 fully saturated rings. The van der Waals surface area contributed by atoms with Crippen LogP contribution in [-0.4, -0.2) is 30.8 Å². The molecule has 3 aromatic rings. The van der Waals surface area contributed by atoms with E-state index >= 15 is 0 Å². The summed E-state index contributed by atoms with van der Waals surface area (Å²) in [6.07, 6.45) is 4.09. The molecule has 2 aliphatic carbocycles. The smallest absolute Gasteiger partial charge is 0.294 e. The Kier molecular flexibility index (Phi) is 8.56. The van der Waals surface area contributed by atoms with Crippen LogP contribution in [0.1, 0.15) is 81.5 Å². The third-order valence-electron chi connectivity index (χ3n) is 9.85. The van der Waals surface area contributed by atoms with Crippen molar-refractivity contribution in [1.29, 1.82) is 0 Å². The van der Waals surface area contributed by atoms with E-state index in [1.165, 1.54) is 0 Å². The Labute approximate surface area is 255 Å². The number of carbonyl (C=O) groups is 2. The van der Waals surface area contributed by atoms with Gasteiger partial charge in [0.1, 0.15) is 6.04 Å². The van der Waals surface area contributed by atoms with Gasteiger partial charge in [0, 0.05) is 12.1 Å². The summed E-state index contributed by atoms with van der Waals surface area (Å²) in [4.78, 5) is 27.8. The lowest BCUT2D eigenvalue weighted by molar-refractivity contribution is -0.141. The Morgan fingerprint density at radius 3 is 2.26 bits per heavy atom. The van der Waals surface area contributed by atoms with E-state index in [-0.39, 0.29) is 28.5 Å². The van der Waals surface area contributed by atoms with Gasteiger partial charge in [-0.25, -0.2) is 0 Å². The lowest BCUT2D eigenvalue weighted by Gasteiger charge is -2.54. The predicted octanol–water partition coefficient (Wildman–Crippen LogP) is 6.43. The number of amides is 2. The maximum absolute atomic E-state index is 14.3. The number of nitrogens with one attached hydrogen (secondary N) is 2. The molecule has 0 bridgehead atoms. The van der Waals surface area contributed by atoms with Crippen molar-refractivity contribution in [2.24, 2.45) is 11.3 Å².